The van der Waals surface area contributed by atoms with E-state index in [1.54, 1.807) is 7.11 Å². The van der Waals surface area contributed by atoms with Gasteiger partial charge in [0, 0.05) is 13.5 Å². The lowest BCUT2D eigenvalue weighted by molar-refractivity contribution is -0.121. The molecule has 2 heteroatoms. The average Bonchev–Trinajstić information content (AvgIpc) is 2.30. The molecule has 82 valence electrons. The number of methoxy groups -OCH3 is 1. The van der Waals surface area contributed by atoms with E-state index in [9.17, 15) is 4.79 Å². The lowest BCUT2D eigenvalue weighted by Gasteiger charge is -2.05. The van der Waals surface area contributed by atoms with Gasteiger partial charge >= 0.3 is 0 Å². The van der Waals surface area contributed by atoms with Crippen LogP contribution < -0.4 is 0 Å². The minimum absolute atomic E-state index is 0.110. The fourth-order valence-corrected chi connectivity index (χ4v) is 1.87. The summed E-state index contributed by atoms with van der Waals surface area (Å²) < 4.78 is 4.84. The van der Waals surface area contributed by atoms with Gasteiger partial charge < -0.3 is 4.74 Å². The third-order valence-corrected chi connectivity index (χ3v) is 2.57. The summed E-state index contributed by atoms with van der Waals surface area (Å²) >= 11 is 0. The number of hydrogen-bond donors (Lipinski definition) is 0. The van der Waals surface area contributed by atoms with Crippen LogP contribution in [-0.4, -0.2) is 19.5 Å². The number of benzene rings is 2. The SMILES string of the molecule is COCC(=O)Cc1cccc2ccccc12. The van der Waals surface area contributed by atoms with Crippen LogP contribution in [0.4, 0.5) is 0 Å². The van der Waals surface area contributed by atoms with Crippen molar-refractivity contribution < 1.29 is 9.53 Å². The van der Waals surface area contributed by atoms with E-state index in [0.29, 0.717) is 6.42 Å². The standard InChI is InChI=1S/C14H14O2/c1-16-10-13(15)9-12-7-4-6-11-5-2-3-8-14(11)12/h2-8H,9-10H2,1H3. The van der Waals surface area contributed by atoms with Crippen LogP contribution in [0.2, 0.25) is 0 Å². The molecule has 0 radical (unpaired) electrons. The van der Waals surface area contributed by atoms with E-state index >= 15 is 0 Å². The number of fused-ring (bicyclic) bond motifs is 1. The number of Topliss-reactive ketones (excluding diaryl/α,β-unsaturated/α-hetero) is 1. The fraction of sp³-hybridized carbons (Fsp3) is 0.214. The van der Waals surface area contributed by atoms with E-state index in [1.807, 2.05) is 30.3 Å². The van der Waals surface area contributed by atoms with E-state index in [-0.39, 0.29) is 12.4 Å². The highest BCUT2D eigenvalue weighted by molar-refractivity contribution is 5.91. The first kappa shape index (κ1) is 10.8. The van der Waals surface area contributed by atoms with Crippen LogP contribution in [0.1, 0.15) is 5.56 Å². The number of carbonyl (C=O) groups excluding carboxylic acids is 1. The Bertz CT molecular complexity index is 498. The third-order valence-electron chi connectivity index (χ3n) is 2.57. The monoisotopic (exact) mass is 214 g/mol. The topological polar surface area (TPSA) is 26.3 Å². The molecule has 0 fully saturated rings. The van der Waals surface area contributed by atoms with Gasteiger partial charge in [0.2, 0.25) is 0 Å². The predicted octanol–water partition coefficient (Wildman–Crippen LogP) is 2.60. The van der Waals surface area contributed by atoms with E-state index in [1.165, 1.54) is 5.39 Å². The van der Waals surface area contributed by atoms with Gasteiger partial charge in [-0.1, -0.05) is 42.5 Å². The van der Waals surface area contributed by atoms with Gasteiger partial charge in [0.25, 0.3) is 0 Å². The molecule has 0 spiro atoms. The predicted molar refractivity (Wildman–Crippen MR) is 64.5 cm³/mol. The zero-order valence-electron chi connectivity index (χ0n) is 9.27. The Labute approximate surface area is 94.8 Å². The summed E-state index contributed by atoms with van der Waals surface area (Å²) in [7, 11) is 1.54. The molecule has 0 heterocycles. The van der Waals surface area contributed by atoms with Crippen molar-refractivity contribution >= 4 is 16.6 Å². The van der Waals surface area contributed by atoms with Crippen LogP contribution >= 0.6 is 0 Å². The van der Waals surface area contributed by atoms with E-state index in [0.717, 1.165) is 10.9 Å². The van der Waals surface area contributed by atoms with Gasteiger partial charge in [-0.3, -0.25) is 4.79 Å². The maximum absolute atomic E-state index is 11.5. The summed E-state index contributed by atoms with van der Waals surface area (Å²) in [6.45, 7) is 0.184. The summed E-state index contributed by atoms with van der Waals surface area (Å²) in [4.78, 5) is 11.5. The minimum atomic E-state index is 0.110. The van der Waals surface area contributed by atoms with Gasteiger partial charge in [0.05, 0.1) is 0 Å². The Kier molecular flexibility index (Phi) is 3.32. The van der Waals surface area contributed by atoms with Crippen molar-refractivity contribution in [2.75, 3.05) is 13.7 Å². The van der Waals surface area contributed by atoms with Crippen LogP contribution in [-0.2, 0) is 16.0 Å². The molecule has 0 aromatic heterocycles. The normalized spacial score (nSPS) is 10.6. The molecule has 0 bridgehead atoms. The van der Waals surface area contributed by atoms with Gasteiger partial charge in [-0.25, -0.2) is 0 Å². The van der Waals surface area contributed by atoms with Gasteiger partial charge in [-0.15, -0.1) is 0 Å². The second-order valence-electron chi connectivity index (χ2n) is 3.79. The molecule has 0 saturated heterocycles. The molecule has 2 nitrogen and oxygen atoms in total. The average molecular weight is 214 g/mol. The number of carbonyl (C=O) groups is 1. The molecule has 16 heavy (non-hydrogen) atoms. The second kappa shape index (κ2) is 4.90. The molecule has 0 aliphatic carbocycles. The van der Waals surface area contributed by atoms with Crippen molar-refractivity contribution in [3.63, 3.8) is 0 Å². The third kappa shape index (κ3) is 2.28. The van der Waals surface area contributed by atoms with Crippen LogP contribution in [0.15, 0.2) is 42.5 Å². The Balaban J connectivity index is 2.33. The van der Waals surface area contributed by atoms with Crippen LogP contribution in [0.25, 0.3) is 10.8 Å². The van der Waals surface area contributed by atoms with Crippen molar-refractivity contribution in [2.24, 2.45) is 0 Å². The highest BCUT2D eigenvalue weighted by Gasteiger charge is 2.05. The maximum Gasteiger partial charge on any atom is 0.162 e. The molecular formula is C14H14O2. The smallest absolute Gasteiger partial charge is 0.162 e. The minimum Gasteiger partial charge on any atom is -0.377 e. The molecule has 0 aliphatic rings. The van der Waals surface area contributed by atoms with Crippen LogP contribution in [0, 0.1) is 0 Å². The Morgan fingerprint density at radius 3 is 2.69 bits per heavy atom. The Morgan fingerprint density at radius 2 is 1.88 bits per heavy atom. The lowest BCUT2D eigenvalue weighted by Crippen LogP contribution is -2.09. The van der Waals surface area contributed by atoms with Crippen molar-refractivity contribution in [1.29, 1.82) is 0 Å². The summed E-state index contributed by atoms with van der Waals surface area (Å²) in [5.41, 5.74) is 1.07. The molecule has 0 N–H and O–H groups in total. The number of rotatable bonds is 4. The summed E-state index contributed by atoms with van der Waals surface area (Å²) in [5, 5.41) is 2.32. The van der Waals surface area contributed by atoms with E-state index in [4.69, 9.17) is 4.74 Å². The molecular weight excluding hydrogens is 200 g/mol. The molecule has 2 aromatic rings. The van der Waals surface area contributed by atoms with Crippen molar-refractivity contribution in [1.82, 2.24) is 0 Å². The van der Waals surface area contributed by atoms with Crippen molar-refractivity contribution in [3.8, 4) is 0 Å². The number of ether oxygens (including phenoxy) is 1. The first-order valence-electron chi connectivity index (χ1n) is 5.28. The fourth-order valence-electron chi connectivity index (χ4n) is 1.87. The molecule has 2 aromatic carbocycles. The van der Waals surface area contributed by atoms with Crippen LogP contribution in [0.5, 0.6) is 0 Å². The molecule has 2 rings (SSSR count). The Morgan fingerprint density at radius 1 is 1.12 bits per heavy atom. The van der Waals surface area contributed by atoms with Gasteiger partial charge in [-0.2, -0.15) is 0 Å². The summed E-state index contributed by atoms with van der Waals surface area (Å²) in [6.07, 6.45) is 0.440. The van der Waals surface area contributed by atoms with Crippen molar-refractivity contribution in [2.45, 2.75) is 6.42 Å². The van der Waals surface area contributed by atoms with E-state index in [2.05, 4.69) is 12.1 Å². The molecule has 0 aliphatic heterocycles. The zero-order valence-corrected chi connectivity index (χ0v) is 9.27. The molecule has 0 saturated carbocycles. The lowest BCUT2D eigenvalue weighted by atomic mass is 10.0. The van der Waals surface area contributed by atoms with Gasteiger partial charge in [-0.05, 0) is 16.3 Å². The zero-order chi connectivity index (χ0) is 11.4. The molecule has 0 unspecified atom stereocenters. The first-order valence-corrected chi connectivity index (χ1v) is 5.28. The maximum atomic E-state index is 11.5. The number of ketones is 1. The van der Waals surface area contributed by atoms with Crippen LogP contribution in [0.3, 0.4) is 0 Å². The summed E-state index contributed by atoms with van der Waals surface area (Å²) in [5.74, 6) is 0.110. The highest BCUT2D eigenvalue weighted by Crippen LogP contribution is 2.18. The van der Waals surface area contributed by atoms with Gasteiger partial charge in [0.15, 0.2) is 5.78 Å². The van der Waals surface area contributed by atoms with Gasteiger partial charge in [0.1, 0.15) is 6.61 Å². The van der Waals surface area contributed by atoms with E-state index < -0.39 is 0 Å². The highest BCUT2D eigenvalue weighted by atomic mass is 16.5. The first-order chi connectivity index (χ1) is 7.81. The number of hydrogen-bond acceptors (Lipinski definition) is 2. The quantitative estimate of drug-likeness (QED) is 0.782. The largest absolute Gasteiger partial charge is 0.377 e. The second-order valence-corrected chi connectivity index (χ2v) is 3.79. The Hall–Kier alpha value is -1.67. The summed E-state index contributed by atoms with van der Waals surface area (Å²) in [6, 6.07) is 14.1. The molecule has 0 atom stereocenters. The van der Waals surface area contributed by atoms with Crippen molar-refractivity contribution in [3.05, 3.63) is 48.0 Å². The molecule has 0 amide bonds.